The normalized spacial score (nSPS) is 20.6. The first kappa shape index (κ1) is 17.8. The molecule has 0 amide bonds. The van der Waals surface area contributed by atoms with Crippen molar-refractivity contribution in [3.8, 4) is 0 Å². The number of aromatic nitrogens is 1. The van der Waals surface area contributed by atoms with Gasteiger partial charge in [0.05, 0.1) is 0 Å². The molecule has 2 aromatic rings. The van der Waals surface area contributed by atoms with Gasteiger partial charge in [-0.1, -0.05) is 50.1 Å². The summed E-state index contributed by atoms with van der Waals surface area (Å²) in [5.41, 5.74) is 3.78. The van der Waals surface area contributed by atoms with Gasteiger partial charge in [-0.25, -0.2) is 0 Å². The Balaban J connectivity index is 1.78. The summed E-state index contributed by atoms with van der Waals surface area (Å²) >= 11 is 0. The van der Waals surface area contributed by atoms with Crippen molar-refractivity contribution in [1.82, 2.24) is 4.98 Å². The molecule has 0 saturated heterocycles. The van der Waals surface area contributed by atoms with Crippen LogP contribution in [0.15, 0.2) is 48.7 Å². The molecule has 2 nitrogen and oxygen atoms in total. The van der Waals surface area contributed by atoms with Crippen LogP contribution in [0.5, 0.6) is 0 Å². The molecule has 0 N–H and O–H groups in total. The third kappa shape index (κ3) is 4.56. The van der Waals surface area contributed by atoms with Gasteiger partial charge in [-0.05, 0) is 61.8 Å². The lowest BCUT2D eigenvalue weighted by atomic mass is 9.76. The molecule has 2 atom stereocenters. The molecule has 1 aliphatic rings. The first-order chi connectivity index (χ1) is 12.3. The van der Waals surface area contributed by atoms with Gasteiger partial charge < -0.3 is 0 Å². The van der Waals surface area contributed by atoms with Crippen LogP contribution in [0.25, 0.3) is 0 Å². The highest BCUT2D eigenvalue weighted by Gasteiger charge is 2.30. The van der Waals surface area contributed by atoms with Crippen LogP contribution < -0.4 is 0 Å². The van der Waals surface area contributed by atoms with E-state index in [1.165, 1.54) is 11.1 Å². The molecular formula is C23H29NO. The number of carbonyl (C=O) groups excluding carboxylic acids is 1. The van der Waals surface area contributed by atoms with Crippen LogP contribution in [0, 0.1) is 5.92 Å². The van der Waals surface area contributed by atoms with Gasteiger partial charge in [0.15, 0.2) is 0 Å². The van der Waals surface area contributed by atoms with Crippen molar-refractivity contribution >= 4 is 5.78 Å². The minimum atomic E-state index is 0.0881. The average molecular weight is 335 g/mol. The Bertz CT molecular complexity index is 680. The minimum Gasteiger partial charge on any atom is -0.299 e. The second-order valence-electron chi connectivity index (χ2n) is 7.24. The van der Waals surface area contributed by atoms with Crippen molar-refractivity contribution in [2.75, 3.05) is 0 Å². The average Bonchev–Trinajstić information content (AvgIpc) is 2.65. The number of fused-ring (bicyclic) bond motifs is 1. The summed E-state index contributed by atoms with van der Waals surface area (Å²) in [6, 6.07) is 14.7. The summed E-state index contributed by atoms with van der Waals surface area (Å²) in [6.07, 6.45) is 10.2. The maximum absolute atomic E-state index is 13.4. The summed E-state index contributed by atoms with van der Waals surface area (Å²) in [5.74, 6) is 0.735. The standard InChI is InChI=1S/C23H29NO/c1-2-3-13-22-21-14-5-4-9-18(21)10-8-11-19(23(22)25)15-16-20-12-6-7-17-24-20/h4-7,9,12,14,17,19,22H,2-3,8,10-11,13,15-16H2,1H3. The van der Waals surface area contributed by atoms with Crippen LogP contribution in [-0.4, -0.2) is 10.8 Å². The number of nitrogens with zero attached hydrogens (tertiary/aromatic N) is 1. The van der Waals surface area contributed by atoms with Crippen molar-refractivity contribution in [3.63, 3.8) is 0 Å². The summed E-state index contributed by atoms with van der Waals surface area (Å²) in [6.45, 7) is 2.21. The van der Waals surface area contributed by atoms with E-state index in [0.29, 0.717) is 5.78 Å². The Morgan fingerprint density at radius 1 is 1.08 bits per heavy atom. The van der Waals surface area contributed by atoms with E-state index in [4.69, 9.17) is 0 Å². The molecule has 1 aromatic heterocycles. The van der Waals surface area contributed by atoms with E-state index in [9.17, 15) is 4.79 Å². The predicted octanol–water partition coefficient (Wildman–Crippen LogP) is 5.51. The zero-order valence-electron chi connectivity index (χ0n) is 15.3. The first-order valence-electron chi connectivity index (χ1n) is 9.81. The fourth-order valence-corrected chi connectivity index (χ4v) is 4.08. The highest BCUT2D eigenvalue weighted by atomic mass is 16.1. The number of pyridine rings is 1. The zero-order chi connectivity index (χ0) is 17.5. The highest BCUT2D eigenvalue weighted by molar-refractivity contribution is 5.88. The van der Waals surface area contributed by atoms with E-state index in [-0.39, 0.29) is 11.8 Å². The number of unbranched alkanes of at least 4 members (excludes halogenated alkanes) is 1. The lowest BCUT2D eigenvalue weighted by molar-refractivity contribution is -0.125. The Morgan fingerprint density at radius 2 is 1.92 bits per heavy atom. The van der Waals surface area contributed by atoms with E-state index in [1.54, 1.807) is 0 Å². The molecule has 0 radical (unpaired) electrons. The second-order valence-corrected chi connectivity index (χ2v) is 7.24. The van der Waals surface area contributed by atoms with Crippen molar-refractivity contribution in [3.05, 3.63) is 65.5 Å². The number of carbonyl (C=O) groups is 1. The van der Waals surface area contributed by atoms with Gasteiger partial charge in [-0.3, -0.25) is 9.78 Å². The number of benzene rings is 1. The minimum absolute atomic E-state index is 0.0881. The number of rotatable bonds is 6. The van der Waals surface area contributed by atoms with Crippen LogP contribution in [0.1, 0.15) is 68.2 Å². The zero-order valence-corrected chi connectivity index (χ0v) is 15.3. The third-order valence-corrected chi connectivity index (χ3v) is 5.50. The third-order valence-electron chi connectivity index (χ3n) is 5.50. The van der Waals surface area contributed by atoms with Crippen molar-refractivity contribution < 1.29 is 4.79 Å². The largest absolute Gasteiger partial charge is 0.299 e. The smallest absolute Gasteiger partial charge is 0.143 e. The Kier molecular flexibility index (Phi) is 6.38. The van der Waals surface area contributed by atoms with Crippen LogP contribution in [0.2, 0.25) is 0 Å². The van der Waals surface area contributed by atoms with Crippen molar-refractivity contribution in [2.45, 2.75) is 64.2 Å². The van der Waals surface area contributed by atoms with Gasteiger partial charge in [-0.15, -0.1) is 0 Å². The van der Waals surface area contributed by atoms with Gasteiger partial charge in [0.1, 0.15) is 5.78 Å². The number of hydrogen-bond donors (Lipinski definition) is 0. The molecule has 1 aromatic carbocycles. The van der Waals surface area contributed by atoms with E-state index in [2.05, 4.69) is 42.2 Å². The van der Waals surface area contributed by atoms with Crippen molar-refractivity contribution in [1.29, 1.82) is 0 Å². The van der Waals surface area contributed by atoms with Crippen LogP contribution in [0.3, 0.4) is 0 Å². The van der Waals surface area contributed by atoms with Crippen molar-refractivity contribution in [2.24, 2.45) is 5.92 Å². The van der Waals surface area contributed by atoms with Gasteiger partial charge in [-0.2, -0.15) is 0 Å². The van der Waals surface area contributed by atoms with Gasteiger partial charge in [0.25, 0.3) is 0 Å². The molecule has 2 heteroatoms. The summed E-state index contributed by atoms with van der Waals surface area (Å²) in [7, 11) is 0. The topological polar surface area (TPSA) is 30.0 Å². The molecule has 25 heavy (non-hydrogen) atoms. The predicted molar refractivity (Wildman–Crippen MR) is 103 cm³/mol. The second kappa shape index (κ2) is 8.94. The maximum Gasteiger partial charge on any atom is 0.143 e. The molecule has 0 fully saturated rings. The Hall–Kier alpha value is -1.96. The lowest BCUT2D eigenvalue weighted by Gasteiger charge is -2.27. The van der Waals surface area contributed by atoms with Gasteiger partial charge >= 0.3 is 0 Å². The SMILES string of the molecule is CCCCC1C(=O)C(CCc2ccccn2)CCCc2ccccc21. The Morgan fingerprint density at radius 3 is 2.72 bits per heavy atom. The number of ketones is 1. The molecule has 1 aliphatic carbocycles. The maximum atomic E-state index is 13.4. The monoisotopic (exact) mass is 335 g/mol. The van der Waals surface area contributed by atoms with E-state index < -0.39 is 0 Å². The summed E-state index contributed by atoms with van der Waals surface area (Å²) in [4.78, 5) is 17.8. The number of Topliss-reactive ketones (excluding diaryl/α,β-unsaturated/α-hetero) is 1. The summed E-state index contributed by atoms with van der Waals surface area (Å²) < 4.78 is 0. The molecule has 0 aliphatic heterocycles. The molecule has 2 unspecified atom stereocenters. The molecule has 1 heterocycles. The fraction of sp³-hybridized carbons (Fsp3) is 0.478. The molecule has 0 spiro atoms. The fourth-order valence-electron chi connectivity index (χ4n) is 4.08. The van der Waals surface area contributed by atoms with E-state index in [0.717, 1.165) is 57.1 Å². The highest BCUT2D eigenvalue weighted by Crippen LogP contribution is 2.35. The molecule has 0 saturated carbocycles. The summed E-state index contributed by atoms with van der Waals surface area (Å²) in [5, 5.41) is 0. The van der Waals surface area contributed by atoms with E-state index in [1.807, 2.05) is 18.3 Å². The van der Waals surface area contributed by atoms with Gasteiger partial charge in [0, 0.05) is 23.7 Å². The molecular weight excluding hydrogens is 306 g/mol. The van der Waals surface area contributed by atoms with Crippen LogP contribution >= 0.6 is 0 Å². The quantitative estimate of drug-likeness (QED) is 0.696. The van der Waals surface area contributed by atoms with Gasteiger partial charge in [0.2, 0.25) is 0 Å². The van der Waals surface area contributed by atoms with Crippen LogP contribution in [0.4, 0.5) is 0 Å². The molecule has 0 bridgehead atoms. The number of hydrogen-bond acceptors (Lipinski definition) is 2. The Labute approximate surface area is 151 Å². The van der Waals surface area contributed by atoms with E-state index >= 15 is 0 Å². The number of aryl methyl sites for hydroxylation is 2. The first-order valence-corrected chi connectivity index (χ1v) is 9.81. The lowest BCUT2D eigenvalue weighted by Crippen LogP contribution is -2.26. The molecule has 132 valence electrons. The molecule has 3 rings (SSSR count). The van der Waals surface area contributed by atoms with Crippen LogP contribution in [-0.2, 0) is 17.6 Å².